The summed E-state index contributed by atoms with van der Waals surface area (Å²) >= 11 is 0. The Labute approximate surface area is 224 Å². The van der Waals surface area contributed by atoms with E-state index >= 15 is 0 Å². The molecule has 2 amide bonds. The summed E-state index contributed by atoms with van der Waals surface area (Å²) in [7, 11) is 2.44. The van der Waals surface area contributed by atoms with Crippen molar-refractivity contribution >= 4 is 30.6 Å². The molecule has 38 heavy (non-hydrogen) atoms. The summed E-state index contributed by atoms with van der Waals surface area (Å²) in [4.78, 5) is 42.1. The molecule has 3 N–H and O–H groups in total. The van der Waals surface area contributed by atoms with E-state index in [2.05, 4.69) is 25.6 Å². The van der Waals surface area contributed by atoms with E-state index in [0.29, 0.717) is 12.2 Å². The van der Waals surface area contributed by atoms with Gasteiger partial charge in [-0.2, -0.15) is 0 Å². The van der Waals surface area contributed by atoms with Crippen LogP contribution in [0.15, 0.2) is 12.1 Å². The Hall–Kier alpha value is -3.66. The van der Waals surface area contributed by atoms with Gasteiger partial charge in [-0.1, -0.05) is 0 Å². The van der Waals surface area contributed by atoms with Crippen molar-refractivity contribution in [1.29, 1.82) is 5.26 Å². The van der Waals surface area contributed by atoms with Crippen LogP contribution in [0.5, 0.6) is 5.75 Å². The first-order chi connectivity index (χ1) is 17.7. The number of methoxy groups -OCH3 is 1. The molecule has 0 aliphatic heterocycles. The van der Waals surface area contributed by atoms with Gasteiger partial charge in [-0.25, -0.2) is 0 Å². The zero-order valence-corrected chi connectivity index (χ0v) is 23.4. The molecule has 0 aromatic carbocycles. The van der Waals surface area contributed by atoms with Crippen LogP contribution in [0.25, 0.3) is 0 Å². The van der Waals surface area contributed by atoms with Crippen molar-refractivity contribution in [2.24, 2.45) is 0 Å². The predicted octanol–water partition coefficient (Wildman–Crippen LogP) is 1.65. The van der Waals surface area contributed by atoms with Gasteiger partial charge >= 0.3 is 206 Å². The topological polar surface area (TPSA) is 161 Å². The van der Waals surface area contributed by atoms with Crippen LogP contribution in [0.2, 0.25) is 0 Å². The first-order valence-corrected chi connectivity index (χ1v) is 12.1. The molecule has 0 fully saturated rings. The number of rotatable bonds is 14. The quantitative estimate of drug-likeness (QED) is 0.183. The summed E-state index contributed by atoms with van der Waals surface area (Å²) in [6.45, 7) is 12.0. The van der Waals surface area contributed by atoms with Gasteiger partial charge in [0.25, 0.3) is 0 Å². The van der Waals surface area contributed by atoms with E-state index in [1.54, 1.807) is 46.8 Å². The third kappa shape index (κ3) is 12.5. The summed E-state index contributed by atoms with van der Waals surface area (Å²) in [6.07, 6.45) is 1.41. The van der Waals surface area contributed by atoms with Crippen molar-refractivity contribution in [3.63, 3.8) is 0 Å². The molecular formula is C25H38BN5O7. The predicted molar refractivity (Wildman–Crippen MR) is 141 cm³/mol. The Kier molecular flexibility index (Phi) is 12.7. The van der Waals surface area contributed by atoms with Crippen LogP contribution >= 0.6 is 0 Å². The molecule has 1 rings (SSSR count). The van der Waals surface area contributed by atoms with Gasteiger partial charge in [0, 0.05) is 0 Å². The minimum absolute atomic E-state index is 0.0972. The van der Waals surface area contributed by atoms with Crippen LogP contribution in [-0.2, 0) is 23.7 Å². The number of nitrogens with zero attached hydrogens (tertiary/aromatic N) is 2. The number of amides is 2. The van der Waals surface area contributed by atoms with Crippen LogP contribution in [0.4, 0.5) is 4.79 Å². The third-order valence-corrected chi connectivity index (χ3v) is 5.04. The van der Waals surface area contributed by atoms with E-state index in [4.69, 9.17) is 19.5 Å². The van der Waals surface area contributed by atoms with Crippen LogP contribution in [-0.4, -0.2) is 73.1 Å². The number of hydrogen-bond donors (Lipinski definition) is 3. The monoisotopic (exact) mass is 531 g/mol. The molecule has 1 aromatic rings. The zero-order chi connectivity index (χ0) is 28.9. The van der Waals surface area contributed by atoms with Gasteiger partial charge in [-0.3, -0.25) is 4.98 Å². The molecule has 1 atom stereocenters. The number of alkyl carbamates (subject to hydrolysis) is 1. The van der Waals surface area contributed by atoms with Gasteiger partial charge in [-0.05, 0) is 13.8 Å². The zero-order valence-electron chi connectivity index (χ0n) is 23.4. The van der Waals surface area contributed by atoms with Crippen molar-refractivity contribution in [3.05, 3.63) is 23.5 Å². The summed E-state index contributed by atoms with van der Waals surface area (Å²) < 4.78 is 20.7. The van der Waals surface area contributed by atoms with E-state index in [1.165, 1.54) is 13.4 Å². The standard InChI is InChI=1S/C25H38BN5O7/c1-16-12-18(13-17(2)29-16)36-14-20(32)19(30-21(33)25(6,7)35-8)10-9-11-28-22(26-37-15-27)31-23(34)38-24(3,4)5/h12-13,19,28H,9-11,14H2,1-8H3,(H,30,33)(H,31,34). The second kappa shape index (κ2) is 14.9. The molecule has 13 heteroatoms. The average molecular weight is 531 g/mol. The Morgan fingerprint density at radius 1 is 1.13 bits per heavy atom. The van der Waals surface area contributed by atoms with Crippen molar-refractivity contribution < 1.29 is 33.2 Å². The molecule has 1 aromatic heterocycles. The van der Waals surface area contributed by atoms with Gasteiger partial charge in [0.15, 0.2) is 0 Å². The van der Waals surface area contributed by atoms with E-state index in [-0.39, 0.29) is 31.1 Å². The summed E-state index contributed by atoms with van der Waals surface area (Å²) in [5.41, 5.74) is -0.245. The van der Waals surface area contributed by atoms with Gasteiger partial charge in [0.05, 0.1) is 0 Å². The average Bonchev–Trinajstić information content (AvgIpc) is 2.80. The molecule has 12 nitrogen and oxygen atoms in total. The van der Waals surface area contributed by atoms with E-state index < -0.39 is 29.2 Å². The number of aromatic nitrogens is 1. The number of nitrogens with one attached hydrogen (secondary N) is 3. The first kappa shape index (κ1) is 32.4. The van der Waals surface area contributed by atoms with Gasteiger partial charge in [0.1, 0.15) is 0 Å². The molecule has 0 saturated carbocycles. The Balaban J connectivity index is 2.83. The van der Waals surface area contributed by atoms with Crippen molar-refractivity contribution in [3.8, 4) is 12.0 Å². The number of Topliss-reactive ketones (excluding diaryl/α,β-unsaturated/α-hetero) is 1. The first-order valence-electron chi connectivity index (χ1n) is 12.1. The van der Waals surface area contributed by atoms with E-state index in [9.17, 15) is 14.4 Å². The molecular weight excluding hydrogens is 493 g/mol. The van der Waals surface area contributed by atoms with Crippen LogP contribution in [0, 0.1) is 25.4 Å². The van der Waals surface area contributed by atoms with Crippen molar-refractivity contribution in [2.45, 2.75) is 78.6 Å². The summed E-state index contributed by atoms with van der Waals surface area (Å²) in [5.74, 6) is -0.267. The molecule has 0 aliphatic rings. The number of aryl methyl sites for hydroxylation is 2. The molecule has 208 valence electrons. The molecule has 1 unspecified atom stereocenters. The number of carbonyl (C=O) groups is 3. The third-order valence-electron chi connectivity index (χ3n) is 5.04. The second-order valence-electron chi connectivity index (χ2n) is 10.0. The maximum absolute atomic E-state index is 13.0. The number of pyridine rings is 1. The maximum atomic E-state index is 13.0. The summed E-state index contributed by atoms with van der Waals surface area (Å²) in [6, 6.07) is 2.59. The Morgan fingerprint density at radius 2 is 1.76 bits per heavy atom. The van der Waals surface area contributed by atoms with Crippen LogP contribution < -0.4 is 20.7 Å². The van der Waals surface area contributed by atoms with Gasteiger partial charge in [-0.15, -0.1) is 0 Å². The summed E-state index contributed by atoms with van der Waals surface area (Å²) in [5, 5.41) is 16.8. The van der Waals surface area contributed by atoms with Crippen LogP contribution in [0.3, 0.4) is 0 Å². The molecule has 0 bridgehead atoms. The fourth-order valence-corrected chi connectivity index (χ4v) is 3.02. The number of hydrogen-bond acceptors (Lipinski definition) is 10. The number of ether oxygens (including phenoxy) is 3. The van der Waals surface area contributed by atoms with E-state index in [1.807, 2.05) is 13.8 Å². The van der Waals surface area contributed by atoms with Gasteiger partial charge in [0.2, 0.25) is 0 Å². The molecule has 0 radical (unpaired) electrons. The number of nitriles is 1. The Morgan fingerprint density at radius 3 is 2.32 bits per heavy atom. The van der Waals surface area contributed by atoms with Gasteiger partial charge < -0.3 is 0 Å². The van der Waals surface area contributed by atoms with Crippen LogP contribution in [0.1, 0.15) is 58.8 Å². The second-order valence-corrected chi connectivity index (χ2v) is 10.0. The fourth-order valence-electron chi connectivity index (χ4n) is 3.02. The van der Waals surface area contributed by atoms with E-state index in [0.717, 1.165) is 18.5 Å². The minimum atomic E-state index is -1.14. The SMILES string of the molecule is COC(C)(C)C(=O)NC(CCCNC(=BOC#N)NC(=O)OC(C)(C)C)C(=O)COc1cc(C)nc(C)c1. The Bertz CT molecular complexity index is 1030. The molecule has 0 spiro atoms. The molecule has 0 aliphatic carbocycles. The normalized spacial score (nSPS) is 12.3. The number of carbonyl (C=O) groups excluding carboxylic acids is 3. The molecule has 0 saturated heterocycles. The number of ketones is 1. The van der Waals surface area contributed by atoms with Crippen molar-refractivity contribution in [2.75, 3.05) is 20.3 Å². The fraction of sp³-hybridized carbons (Fsp3) is 0.600. The molecule has 1 heterocycles. The van der Waals surface area contributed by atoms with Crippen molar-refractivity contribution in [1.82, 2.24) is 20.9 Å².